The van der Waals surface area contributed by atoms with Gasteiger partial charge in [-0.05, 0) is 35.4 Å². The summed E-state index contributed by atoms with van der Waals surface area (Å²) < 4.78 is 12.6. The van der Waals surface area contributed by atoms with Gasteiger partial charge in [0.05, 0.1) is 32.0 Å². The van der Waals surface area contributed by atoms with Gasteiger partial charge < -0.3 is 14.6 Å². The van der Waals surface area contributed by atoms with Crippen molar-refractivity contribution in [1.29, 1.82) is 0 Å². The third-order valence-electron chi connectivity index (χ3n) is 4.35. The lowest BCUT2D eigenvalue weighted by Crippen LogP contribution is -2.43. The molecular formula is C20H24BrCl2NO3. The molecular weight excluding hydrogens is 453 g/mol. The van der Waals surface area contributed by atoms with E-state index in [1.54, 1.807) is 0 Å². The number of hydrogen-bond donors (Lipinski definition) is 1. The Morgan fingerprint density at radius 1 is 1.19 bits per heavy atom. The maximum Gasteiger partial charge on any atom is 0.0952 e. The molecule has 2 atom stereocenters. The standard InChI is InChI=1S/C20H23BrClNO3.ClH/c21-17-5-3-16(4-6-17)20-12-23(9-10-26-20)11-19(24)14-25-13-15-1-7-18(22)8-2-15;/h1-8,19-20,24H,9-14H2;1H. The second-order valence-electron chi connectivity index (χ2n) is 6.47. The Morgan fingerprint density at radius 3 is 2.59 bits per heavy atom. The summed E-state index contributed by atoms with van der Waals surface area (Å²) in [5, 5.41) is 11.0. The van der Waals surface area contributed by atoms with Crippen LogP contribution in [0.25, 0.3) is 0 Å². The lowest BCUT2D eigenvalue weighted by molar-refractivity contribution is -0.0536. The Hall–Kier alpha value is -0.660. The van der Waals surface area contributed by atoms with Crippen molar-refractivity contribution in [3.8, 4) is 0 Å². The highest BCUT2D eigenvalue weighted by Crippen LogP contribution is 2.24. The van der Waals surface area contributed by atoms with Crippen molar-refractivity contribution >= 4 is 39.9 Å². The molecule has 1 aliphatic rings. The first-order valence-electron chi connectivity index (χ1n) is 8.70. The van der Waals surface area contributed by atoms with Gasteiger partial charge in [0.1, 0.15) is 0 Å². The van der Waals surface area contributed by atoms with Gasteiger partial charge in [0.2, 0.25) is 0 Å². The van der Waals surface area contributed by atoms with Crippen LogP contribution in [0.4, 0.5) is 0 Å². The molecule has 1 heterocycles. The van der Waals surface area contributed by atoms with Crippen LogP contribution in [0, 0.1) is 0 Å². The first-order valence-corrected chi connectivity index (χ1v) is 9.87. The number of hydrogen-bond acceptors (Lipinski definition) is 4. The molecule has 1 N–H and O–H groups in total. The Kier molecular flexibility index (Phi) is 9.53. The molecule has 148 valence electrons. The minimum Gasteiger partial charge on any atom is -0.389 e. The number of rotatable bonds is 7. The molecule has 1 saturated heterocycles. The van der Waals surface area contributed by atoms with Crippen LogP contribution >= 0.6 is 39.9 Å². The van der Waals surface area contributed by atoms with E-state index in [0.717, 1.165) is 28.7 Å². The minimum atomic E-state index is -0.522. The second-order valence-corrected chi connectivity index (χ2v) is 7.82. The van der Waals surface area contributed by atoms with Crippen LogP contribution < -0.4 is 0 Å². The average molecular weight is 477 g/mol. The van der Waals surface area contributed by atoms with Crippen molar-refractivity contribution in [2.75, 3.05) is 32.8 Å². The normalized spacial score (nSPS) is 18.7. The van der Waals surface area contributed by atoms with E-state index in [1.807, 2.05) is 36.4 Å². The summed E-state index contributed by atoms with van der Waals surface area (Å²) in [4.78, 5) is 2.23. The molecule has 0 bridgehead atoms. The smallest absolute Gasteiger partial charge is 0.0952 e. The molecule has 1 aliphatic heterocycles. The first-order chi connectivity index (χ1) is 12.6. The van der Waals surface area contributed by atoms with Crippen LogP contribution in [-0.4, -0.2) is 49.0 Å². The highest BCUT2D eigenvalue weighted by molar-refractivity contribution is 9.10. The van der Waals surface area contributed by atoms with Gasteiger partial charge in [-0.2, -0.15) is 0 Å². The molecule has 7 heteroatoms. The summed E-state index contributed by atoms with van der Waals surface area (Å²) >= 11 is 9.32. The van der Waals surface area contributed by atoms with Gasteiger partial charge in [0.15, 0.2) is 0 Å². The number of morpholine rings is 1. The number of nitrogens with zero attached hydrogens (tertiary/aromatic N) is 1. The van der Waals surface area contributed by atoms with Crippen molar-refractivity contribution in [2.45, 2.75) is 18.8 Å². The van der Waals surface area contributed by atoms with E-state index in [-0.39, 0.29) is 18.5 Å². The topological polar surface area (TPSA) is 41.9 Å². The molecule has 0 aliphatic carbocycles. The summed E-state index contributed by atoms with van der Waals surface area (Å²) in [6.45, 7) is 3.62. The van der Waals surface area contributed by atoms with Gasteiger partial charge in [-0.15, -0.1) is 12.4 Å². The molecule has 2 unspecified atom stereocenters. The van der Waals surface area contributed by atoms with Crippen LogP contribution in [0.3, 0.4) is 0 Å². The summed E-state index contributed by atoms with van der Waals surface area (Å²) in [5.74, 6) is 0. The molecule has 2 aromatic carbocycles. The molecule has 4 nitrogen and oxygen atoms in total. The maximum absolute atomic E-state index is 10.3. The van der Waals surface area contributed by atoms with E-state index in [9.17, 15) is 5.11 Å². The summed E-state index contributed by atoms with van der Waals surface area (Å²) in [7, 11) is 0. The fraction of sp³-hybridized carbons (Fsp3) is 0.400. The van der Waals surface area contributed by atoms with E-state index in [1.165, 1.54) is 0 Å². The monoisotopic (exact) mass is 475 g/mol. The minimum absolute atomic E-state index is 0. The number of benzene rings is 2. The van der Waals surface area contributed by atoms with Gasteiger partial charge >= 0.3 is 0 Å². The SMILES string of the molecule is Cl.OC(COCc1ccc(Cl)cc1)CN1CCOC(c2ccc(Br)cc2)C1. The Labute approximate surface area is 180 Å². The second kappa shape index (κ2) is 11.4. The summed E-state index contributed by atoms with van der Waals surface area (Å²) in [5.41, 5.74) is 2.20. The van der Waals surface area contributed by atoms with Crippen molar-refractivity contribution in [3.63, 3.8) is 0 Å². The van der Waals surface area contributed by atoms with Crippen molar-refractivity contribution in [2.24, 2.45) is 0 Å². The van der Waals surface area contributed by atoms with Crippen molar-refractivity contribution in [3.05, 3.63) is 69.2 Å². The lowest BCUT2D eigenvalue weighted by Gasteiger charge is -2.34. The third-order valence-corrected chi connectivity index (χ3v) is 5.13. The van der Waals surface area contributed by atoms with Gasteiger partial charge in [-0.1, -0.05) is 51.8 Å². The van der Waals surface area contributed by atoms with Crippen LogP contribution in [0.5, 0.6) is 0 Å². The van der Waals surface area contributed by atoms with Crippen LogP contribution in [0.1, 0.15) is 17.2 Å². The predicted octanol–water partition coefficient (Wildman–Crippen LogP) is 4.48. The van der Waals surface area contributed by atoms with E-state index in [0.29, 0.717) is 31.4 Å². The summed E-state index contributed by atoms with van der Waals surface area (Å²) in [6.07, 6.45) is -0.481. The Balaban J connectivity index is 0.00000261. The molecule has 0 radical (unpaired) electrons. The Morgan fingerprint density at radius 2 is 1.89 bits per heavy atom. The number of aliphatic hydroxyl groups is 1. The number of aliphatic hydroxyl groups excluding tert-OH is 1. The quantitative estimate of drug-likeness (QED) is 0.639. The molecule has 27 heavy (non-hydrogen) atoms. The molecule has 0 saturated carbocycles. The number of halogens is 3. The summed E-state index contributed by atoms with van der Waals surface area (Å²) in [6, 6.07) is 15.7. The number of ether oxygens (including phenoxy) is 2. The molecule has 1 fully saturated rings. The van der Waals surface area contributed by atoms with E-state index in [2.05, 4.69) is 33.0 Å². The molecule has 2 aromatic rings. The van der Waals surface area contributed by atoms with Gasteiger partial charge in [0, 0.05) is 29.1 Å². The number of β-amino-alcohol motifs (C(OH)–C–C–N with tert-alkyl or cyclic N) is 1. The zero-order chi connectivity index (χ0) is 18.4. The highest BCUT2D eigenvalue weighted by atomic mass is 79.9. The van der Waals surface area contributed by atoms with Gasteiger partial charge in [-0.3, -0.25) is 4.90 Å². The molecule has 0 aromatic heterocycles. The van der Waals surface area contributed by atoms with Crippen LogP contribution in [-0.2, 0) is 16.1 Å². The zero-order valence-electron chi connectivity index (χ0n) is 14.9. The Bertz CT molecular complexity index is 685. The van der Waals surface area contributed by atoms with E-state index in [4.69, 9.17) is 21.1 Å². The average Bonchev–Trinajstić information content (AvgIpc) is 2.64. The third kappa shape index (κ3) is 7.35. The predicted molar refractivity (Wildman–Crippen MR) is 114 cm³/mol. The maximum atomic E-state index is 10.3. The van der Waals surface area contributed by atoms with E-state index < -0.39 is 6.10 Å². The fourth-order valence-electron chi connectivity index (χ4n) is 2.99. The molecule has 3 rings (SSSR count). The zero-order valence-corrected chi connectivity index (χ0v) is 18.0. The van der Waals surface area contributed by atoms with Gasteiger partial charge in [-0.25, -0.2) is 0 Å². The van der Waals surface area contributed by atoms with Crippen LogP contribution in [0.2, 0.25) is 5.02 Å². The lowest BCUT2D eigenvalue weighted by atomic mass is 10.1. The fourth-order valence-corrected chi connectivity index (χ4v) is 3.38. The van der Waals surface area contributed by atoms with Crippen molar-refractivity contribution < 1.29 is 14.6 Å². The largest absolute Gasteiger partial charge is 0.389 e. The molecule has 0 spiro atoms. The molecule has 0 amide bonds. The van der Waals surface area contributed by atoms with Gasteiger partial charge in [0.25, 0.3) is 0 Å². The highest BCUT2D eigenvalue weighted by Gasteiger charge is 2.23. The first kappa shape index (κ1) is 22.6. The van der Waals surface area contributed by atoms with E-state index >= 15 is 0 Å². The van der Waals surface area contributed by atoms with Crippen molar-refractivity contribution in [1.82, 2.24) is 4.90 Å². The van der Waals surface area contributed by atoms with Crippen LogP contribution in [0.15, 0.2) is 53.0 Å².